The number of halogens is 1. The molecular formula is C20H21FN2O4. The maximum absolute atomic E-state index is 12.9. The maximum atomic E-state index is 12.9. The summed E-state index contributed by atoms with van der Waals surface area (Å²) in [5.74, 6) is -0.339. The van der Waals surface area contributed by atoms with E-state index in [2.05, 4.69) is 5.32 Å². The van der Waals surface area contributed by atoms with Gasteiger partial charge in [0.1, 0.15) is 30.3 Å². The van der Waals surface area contributed by atoms with Crippen LogP contribution in [0.5, 0.6) is 5.75 Å². The van der Waals surface area contributed by atoms with Crippen molar-refractivity contribution in [3.63, 3.8) is 0 Å². The van der Waals surface area contributed by atoms with E-state index in [4.69, 9.17) is 4.74 Å². The Balaban J connectivity index is 1.48. The van der Waals surface area contributed by atoms with Crippen LogP contribution < -0.4 is 10.1 Å². The molecule has 1 fully saturated rings. The zero-order chi connectivity index (χ0) is 19.2. The van der Waals surface area contributed by atoms with Gasteiger partial charge in [0.25, 0.3) is 5.91 Å². The van der Waals surface area contributed by atoms with Crippen molar-refractivity contribution in [2.45, 2.75) is 25.0 Å². The minimum absolute atomic E-state index is 0.114. The first-order valence-electron chi connectivity index (χ1n) is 8.75. The second-order valence-electron chi connectivity index (χ2n) is 6.39. The Morgan fingerprint density at radius 1 is 1.11 bits per heavy atom. The molecule has 2 N–H and O–H groups in total. The maximum Gasteiger partial charge on any atom is 0.324 e. The molecule has 2 unspecified atom stereocenters. The highest BCUT2D eigenvalue weighted by molar-refractivity contribution is 6.04. The summed E-state index contributed by atoms with van der Waals surface area (Å²) in [6.07, 6.45) is 0.118. The number of carbonyl (C=O) groups is 2. The van der Waals surface area contributed by atoms with Crippen LogP contribution in [-0.4, -0.2) is 47.2 Å². The van der Waals surface area contributed by atoms with Crippen molar-refractivity contribution in [1.82, 2.24) is 10.2 Å². The fourth-order valence-corrected chi connectivity index (χ4v) is 2.89. The number of hydrogen-bond acceptors (Lipinski definition) is 4. The van der Waals surface area contributed by atoms with Crippen molar-refractivity contribution in [1.29, 1.82) is 0 Å². The van der Waals surface area contributed by atoms with Crippen molar-refractivity contribution in [2.75, 3.05) is 13.2 Å². The largest absolute Gasteiger partial charge is 0.491 e. The molecule has 0 aliphatic carbocycles. The molecule has 1 aliphatic heterocycles. The molecule has 2 atom stereocenters. The molecule has 1 saturated heterocycles. The number of aliphatic hydroxyl groups is 1. The summed E-state index contributed by atoms with van der Waals surface area (Å²) in [5, 5.41) is 12.7. The fourth-order valence-electron chi connectivity index (χ4n) is 2.89. The molecule has 0 bridgehead atoms. The van der Waals surface area contributed by atoms with E-state index in [0.29, 0.717) is 18.6 Å². The van der Waals surface area contributed by atoms with Gasteiger partial charge in [0.05, 0.1) is 6.54 Å². The SMILES string of the molecule is O=C1NC(CCc2ccccc2)C(=O)N1CC(O)COc1ccc(F)cc1. The molecule has 1 aliphatic rings. The first kappa shape index (κ1) is 18.8. The number of carbonyl (C=O) groups excluding carboxylic acids is 2. The lowest BCUT2D eigenvalue weighted by Gasteiger charge is -2.18. The van der Waals surface area contributed by atoms with Crippen LogP contribution in [0.1, 0.15) is 12.0 Å². The topological polar surface area (TPSA) is 78.9 Å². The summed E-state index contributed by atoms with van der Waals surface area (Å²) >= 11 is 0. The first-order chi connectivity index (χ1) is 13.0. The van der Waals surface area contributed by atoms with E-state index >= 15 is 0 Å². The average Bonchev–Trinajstić information content (AvgIpc) is 2.94. The number of aryl methyl sites for hydroxylation is 1. The lowest BCUT2D eigenvalue weighted by molar-refractivity contribution is -0.128. The number of hydrogen-bond donors (Lipinski definition) is 2. The van der Waals surface area contributed by atoms with Gasteiger partial charge in [0.15, 0.2) is 0 Å². The van der Waals surface area contributed by atoms with Gasteiger partial charge in [-0.2, -0.15) is 0 Å². The van der Waals surface area contributed by atoms with E-state index in [1.54, 1.807) is 0 Å². The van der Waals surface area contributed by atoms with Crippen molar-refractivity contribution < 1.29 is 23.8 Å². The number of imide groups is 1. The molecule has 3 rings (SSSR count). The zero-order valence-corrected chi connectivity index (χ0v) is 14.7. The van der Waals surface area contributed by atoms with Crippen LogP contribution in [0.2, 0.25) is 0 Å². The molecule has 0 spiro atoms. The summed E-state index contributed by atoms with van der Waals surface area (Å²) in [7, 11) is 0. The van der Waals surface area contributed by atoms with Crippen molar-refractivity contribution in [3.8, 4) is 5.75 Å². The number of nitrogens with zero attached hydrogens (tertiary/aromatic N) is 1. The molecule has 27 heavy (non-hydrogen) atoms. The van der Waals surface area contributed by atoms with Crippen LogP contribution in [-0.2, 0) is 11.2 Å². The monoisotopic (exact) mass is 372 g/mol. The number of nitrogens with one attached hydrogen (secondary N) is 1. The summed E-state index contributed by atoms with van der Waals surface area (Å²) in [4.78, 5) is 25.5. The van der Waals surface area contributed by atoms with Crippen molar-refractivity contribution >= 4 is 11.9 Å². The smallest absolute Gasteiger partial charge is 0.324 e. The molecule has 0 saturated carbocycles. The van der Waals surface area contributed by atoms with Gasteiger partial charge in [0, 0.05) is 0 Å². The Labute approximate surface area is 156 Å². The van der Waals surface area contributed by atoms with Crippen LogP contribution in [0.3, 0.4) is 0 Å². The van der Waals surface area contributed by atoms with Crippen LogP contribution >= 0.6 is 0 Å². The highest BCUT2D eigenvalue weighted by Crippen LogP contribution is 2.15. The Hall–Kier alpha value is -2.93. The number of benzene rings is 2. The molecule has 2 aromatic rings. The van der Waals surface area contributed by atoms with E-state index in [9.17, 15) is 19.1 Å². The molecule has 0 aromatic heterocycles. The molecule has 7 heteroatoms. The molecule has 0 radical (unpaired) electrons. The molecule has 6 nitrogen and oxygen atoms in total. The summed E-state index contributed by atoms with van der Waals surface area (Å²) in [6, 6.07) is 14.0. The Kier molecular flexibility index (Phi) is 6.03. The van der Waals surface area contributed by atoms with E-state index in [1.807, 2.05) is 30.3 Å². The highest BCUT2D eigenvalue weighted by atomic mass is 19.1. The number of amides is 3. The van der Waals surface area contributed by atoms with Crippen molar-refractivity contribution in [2.24, 2.45) is 0 Å². The molecule has 3 amide bonds. The summed E-state index contributed by atoms with van der Waals surface area (Å²) in [5.41, 5.74) is 1.09. The standard InChI is InChI=1S/C20H21FN2O4/c21-15-7-9-17(10-8-15)27-13-16(24)12-23-19(25)18(22-20(23)26)11-6-14-4-2-1-3-5-14/h1-5,7-10,16,18,24H,6,11-13H2,(H,22,26). The number of urea groups is 1. The predicted octanol–water partition coefficient (Wildman–Crippen LogP) is 2.12. The minimum Gasteiger partial charge on any atom is -0.491 e. The van der Waals surface area contributed by atoms with Gasteiger partial charge in [-0.15, -0.1) is 0 Å². The van der Waals surface area contributed by atoms with Gasteiger partial charge in [-0.05, 0) is 42.7 Å². The second-order valence-corrected chi connectivity index (χ2v) is 6.39. The predicted molar refractivity (Wildman–Crippen MR) is 96.7 cm³/mol. The third-order valence-corrected chi connectivity index (χ3v) is 4.32. The lowest BCUT2D eigenvalue weighted by atomic mass is 10.1. The molecular weight excluding hydrogens is 351 g/mol. The van der Waals surface area contributed by atoms with Crippen LogP contribution in [0.25, 0.3) is 0 Å². The fraction of sp³-hybridized carbons (Fsp3) is 0.300. The third-order valence-electron chi connectivity index (χ3n) is 4.32. The second kappa shape index (κ2) is 8.64. The normalized spacial score (nSPS) is 17.7. The third kappa shape index (κ3) is 5.04. The minimum atomic E-state index is -1.04. The van der Waals surface area contributed by atoms with Crippen LogP contribution in [0, 0.1) is 5.82 Å². The number of ether oxygens (including phenoxy) is 1. The van der Waals surface area contributed by atoms with Crippen LogP contribution in [0.15, 0.2) is 54.6 Å². The van der Waals surface area contributed by atoms with E-state index in [1.165, 1.54) is 24.3 Å². The van der Waals surface area contributed by atoms with E-state index < -0.39 is 18.2 Å². The van der Waals surface area contributed by atoms with Gasteiger partial charge in [-0.1, -0.05) is 30.3 Å². The lowest BCUT2D eigenvalue weighted by Crippen LogP contribution is -2.40. The number of β-amino-alcohol motifs (C(OH)–C–C–N with tert-alkyl or cyclic N) is 1. The molecule has 142 valence electrons. The quantitative estimate of drug-likeness (QED) is 0.696. The van der Waals surface area contributed by atoms with E-state index in [-0.39, 0.29) is 24.9 Å². The first-order valence-corrected chi connectivity index (χ1v) is 8.75. The average molecular weight is 372 g/mol. The summed E-state index contributed by atoms with van der Waals surface area (Å²) in [6.45, 7) is -0.273. The van der Waals surface area contributed by atoms with Gasteiger partial charge in [-0.3, -0.25) is 9.69 Å². The van der Waals surface area contributed by atoms with Crippen LogP contribution in [0.4, 0.5) is 9.18 Å². The molecule has 1 heterocycles. The Bertz CT molecular complexity index is 782. The number of rotatable bonds is 8. The van der Waals surface area contributed by atoms with E-state index in [0.717, 1.165) is 10.5 Å². The number of aliphatic hydroxyl groups excluding tert-OH is 1. The van der Waals surface area contributed by atoms with Gasteiger partial charge in [0.2, 0.25) is 0 Å². The summed E-state index contributed by atoms with van der Waals surface area (Å²) < 4.78 is 18.2. The molecule has 2 aromatic carbocycles. The highest BCUT2D eigenvalue weighted by Gasteiger charge is 2.38. The van der Waals surface area contributed by atoms with Gasteiger partial charge in [-0.25, -0.2) is 9.18 Å². The van der Waals surface area contributed by atoms with Crippen molar-refractivity contribution in [3.05, 3.63) is 66.0 Å². The van der Waals surface area contributed by atoms with Gasteiger partial charge < -0.3 is 15.2 Å². The Morgan fingerprint density at radius 3 is 2.52 bits per heavy atom. The Morgan fingerprint density at radius 2 is 1.81 bits per heavy atom. The van der Waals surface area contributed by atoms with Gasteiger partial charge >= 0.3 is 6.03 Å². The zero-order valence-electron chi connectivity index (χ0n) is 14.7.